The van der Waals surface area contributed by atoms with Gasteiger partial charge in [0.15, 0.2) is 17.1 Å². The molecular weight excluding hydrogens is 514 g/mol. The summed E-state index contributed by atoms with van der Waals surface area (Å²) in [5, 5.41) is 3.26. The second-order valence-electron chi connectivity index (χ2n) is 8.07. The average Bonchev–Trinajstić information content (AvgIpc) is 3.27. The second kappa shape index (κ2) is 11.9. The number of aryl methyl sites for hydroxylation is 1. The number of fused-ring (bicyclic) bond motifs is 1. The number of amides is 1. The lowest BCUT2D eigenvalue weighted by Gasteiger charge is -2.17. The maximum absolute atomic E-state index is 13.3. The Kier molecular flexibility index (Phi) is 8.42. The van der Waals surface area contributed by atoms with E-state index in [-0.39, 0.29) is 12.2 Å². The van der Waals surface area contributed by atoms with Gasteiger partial charge in [0.05, 0.1) is 31.2 Å². The van der Waals surface area contributed by atoms with E-state index in [2.05, 4.69) is 10.3 Å². The van der Waals surface area contributed by atoms with Crippen LogP contribution in [0.1, 0.15) is 42.6 Å². The van der Waals surface area contributed by atoms with Crippen LogP contribution in [-0.4, -0.2) is 35.3 Å². The van der Waals surface area contributed by atoms with Gasteiger partial charge in [-0.25, -0.2) is 4.98 Å². The third kappa shape index (κ3) is 6.03. The number of hydrogen-bond donors (Lipinski definition) is 1. The zero-order valence-electron chi connectivity index (χ0n) is 21.5. The lowest BCUT2D eigenvalue weighted by molar-refractivity contribution is 0.102. The van der Waals surface area contributed by atoms with Crippen LogP contribution in [0.2, 0.25) is 5.02 Å². The summed E-state index contributed by atoms with van der Waals surface area (Å²) in [7, 11) is 0. The smallest absolute Gasteiger partial charge is 0.287 e. The molecule has 0 unspecified atom stereocenters. The molecule has 2 aromatic heterocycles. The summed E-state index contributed by atoms with van der Waals surface area (Å²) in [5.74, 6) is 1.68. The molecule has 0 aliphatic heterocycles. The van der Waals surface area contributed by atoms with Crippen molar-refractivity contribution in [3.63, 3.8) is 0 Å². The van der Waals surface area contributed by atoms with Crippen molar-refractivity contribution in [1.29, 1.82) is 0 Å². The zero-order valence-corrected chi connectivity index (χ0v) is 22.3. The molecule has 38 heavy (non-hydrogen) atoms. The van der Waals surface area contributed by atoms with Crippen molar-refractivity contribution in [1.82, 2.24) is 9.56 Å². The minimum Gasteiger partial charge on any atom is -0.490 e. The SMILES string of the molecule is CCOc1cc(C(=O)Nc2ccc(Cl)cc2OCc2cc(=O)n3oc(C)cc3n2)cc(OCC)c1OCC. The first-order valence-corrected chi connectivity index (χ1v) is 12.5. The quantitative estimate of drug-likeness (QED) is 0.273. The van der Waals surface area contributed by atoms with Crippen LogP contribution in [0.4, 0.5) is 5.69 Å². The fourth-order valence-electron chi connectivity index (χ4n) is 3.73. The molecule has 4 aromatic rings. The maximum atomic E-state index is 13.3. The number of carbonyl (C=O) groups is 1. The molecule has 0 saturated heterocycles. The molecule has 0 spiro atoms. The molecule has 11 heteroatoms. The predicted molar refractivity (Wildman–Crippen MR) is 142 cm³/mol. The van der Waals surface area contributed by atoms with Crippen LogP contribution in [0.15, 0.2) is 51.8 Å². The molecule has 0 aliphatic carbocycles. The normalized spacial score (nSPS) is 10.9. The van der Waals surface area contributed by atoms with Gasteiger partial charge in [0.2, 0.25) is 5.75 Å². The van der Waals surface area contributed by atoms with E-state index < -0.39 is 5.91 Å². The molecule has 0 bridgehead atoms. The van der Waals surface area contributed by atoms with Crippen molar-refractivity contribution in [2.24, 2.45) is 0 Å². The summed E-state index contributed by atoms with van der Waals surface area (Å²) in [6, 6.07) is 11.0. The van der Waals surface area contributed by atoms with Crippen LogP contribution in [0.25, 0.3) is 5.65 Å². The minimum atomic E-state index is -0.422. The molecule has 200 valence electrons. The number of aromatic nitrogens is 2. The van der Waals surface area contributed by atoms with Crippen molar-refractivity contribution in [3.8, 4) is 23.0 Å². The summed E-state index contributed by atoms with van der Waals surface area (Å²) >= 11 is 6.20. The number of ether oxygens (including phenoxy) is 4. The fraction of sp³-hybridized carbons (Fsp3) is 0.296. The Labute approximate surface area is 224 Å². The average molecular weight is 542 g/mol. The predicted octanol–water partition coefficient (Wildman–Crippen LogP) is 5.28. The largest absolute Gasteiger partial charge is 0.490 e. The van der Waals surface area contributed by atoms with Gasteiger partial charge in [-0.1, -0.05) is 11.6 Å². The third-order valence-electron chi connectivity index (χ3n) is 5.26. The summed E-state index contributed by atoms with van der Waals surface area (Å²) in [5.41, 5.74) is 1.08. The molecule has 2 aromatic carbocycles. The van der Waals surface area contributed by atoms with E-state index in [1.807, 2.05) is 20.8 Å². The topological polar surface area (TPSA) is 114 Å². The fourth-order valence-corrected chi connectivity index (χ4v) is 3.89. The number of benzene rings is 2. The summed E-state index contributed by atoms with van der Waals surface area (Å²) < 4.78 is 29.5. The van der Waals surface area contributed by atoms with Gasteiger partial charge in [-0.3, -0.25) is 9.59 Å². The molecule has 1 amide bonds. The highest BCUT2D eigenvalue weighted by Gasteiger charge is 2.20. The van der Waals surface area contributed by atoms with Gasteiger partial charge in [-0.05, 0) is 52.0 Å². The Morgan fingerprint density at radius 1 is 0.947 bits per heavy atom. The van der Waals surface area contributed by atoms with E-state index in [1.54, 1.807) is 43.3 Å². The van der Waals surface area contributed by atoms with Gasteiger partial charge in [-0.15, -0.1) is 4.57 Å². The first-order chi connectivity index (χ1) is 18.3. The molecule has 0 radical (unpaired) electrons. The van der Waals surface area contributed by atoms with Gasteiger partial charge in [0.1, 0.15) is 18.1 Å². The van der Waals surface area contributed by atoms with Crippen LogP contribution in [0, 0.1) is 6.92 Å². The molecule has 10 nitrogen and oxygen atoms in total. The third-order valence-corrected chi connectivity index (χ3v) is 5.50. The second-order valence-corrected chi connectivity index (χ2v) is 8.50. The first-order valence-electron chi connectivity index (χ1n) is 12.1. The van der Waals surface area contributed by atoms with Crippen molar-refractivity contribution in [3.05, 3.63) is 74.9 Å². The Balaban J connectivity index is 1.59. The lowest BCUT2D eigenvalue weighted by Crippen LogP contribution is -2.16. The van der Waals surface area contributed by atoms with E-state index in [1.165, 1.54) is 6.07 Å². The summed E-state index contributed by atoms with van der Waals surface area (Å²) in [6.45, 7) is 8.40. The van der Waals surface area contributed by atoms with Gasteiger partial charge in [0, 0.05) is 28.8 Å². The van der Waals surface area contributed by atoms with Crippen LogP contribution < -0.4 is 29.8 Å². The molecular formula is C27H28ClN3O7. The highest BCUT2D eigenvalue weighted by atomic mass is 35.5. The van der Waals surface area contributed by atoms with Crippen LogP contribution in [-0.2, 0) is 6.61 Å². The Morgan fingerprint density at radius 3 is 2.29 bits per heavy atom. The Bertz CT molecular complexity index is 1490. The minimum absolute atomic E-state index is 0.0365. The van der Waals surface area contributed by atoms with Crippen LogP contribution >= 0.6 is 11.6 Å². The number of rotatable bonds is 11. The van der Waals surface area contributed by atoms with Gasteiger partial charge >= 0.3 is 0 Å². The lowest BCUT2D eigenvalue weighted by atomic mass is 10.1. The highest BCUT2D eigenvalue weighted by Crippen LogP contribution is 2.39. The first kappa shape index (κ1) is 26.9. The van der Waals surface area contributed by atoms with E-state index in [9.17, 15) is 9.59 Å². The van der Waals surface area contributed by atoms with Crippen molar-refractivity contribution in [2.45, 2.75) is 34.3 Å². The Hall–Kier alpha value is -4.18. The number of nitrogens with one attached hydrogen (secondary N) is 1. The molecule has 0 saturated carbocycles. The number of hydrogen-bond acceptors (Lipinski definition) is 8. The van der Waals surface area contributed by atoms with E-state index in [4.69, 9.17) is 35.1 Å². The molecule has 0 atom stereocenters. The van der Waals surface area contributed by atoms with Crippen molar-refractivity contribution in [2.75, 3.05) is 25.1 Å². The molecule has 2 heterocycles. The van der Waals surface area contributed by atoms with Crippen molar-refractivity contribution < 1.29 is 28.3 Å². The molecule has 4 rings (SSSR count). The molecule has 0 fully saturated rings. The Morgan fingerprint density at radius 2 is 1.63 bits per heavy atom. The number of halogens is 1. The van der Waals surface area contributed by atoms with Crippen molar-refractivity contribution >= 4 is 28.8 Å². The number of anilines is 1. The van der Waals surface area contributed by atoms with Gasteiger partial charge < -0.3 is 28.8 Å². The maximum Gasteiger partial charge on any atom is 0.287 e. The van der Waals surface area contributed by atoms with E-state index >= 15 is 0 Å². The highest BCUT2D eigenvalue weighted by molar-refractivity contribution is 6.30. The zero-order chi connectivity index (χ0) is 27.2. The molecule has 0 aliphatic rings. The summed E-state index contributed by atoms with van der Waals surface area (Å²) in [6.07, 6.45) is 0. The number of nitrogens with zero attached hydrogens (tertiary/aromatic N) is 2. The van der Waals surface area contributed by atoms with Crippen LogP contribution in [0.5, 0.6) is 23.0 Å². The van der Waals surface area contributed by atoms with E-state index in [0.717, 1.165) is 4.57 Å². The monoisotopic (exact) mass is 541 g/mol. The summed E-state index contributed by atoms with van der Waals surface area (Å²) in [4.78, 5) is 30.0. The van der Waals surface area contributed by atoms with E-state index in [0.29, 0.717) is 76.2 Å². The van der Waals surface area contributed by atoms with Crippen LogP contribution in [0.3, 0.4) is 0 Å². The molecule has 1 N–H and O–H groups in total. The van der Waals surface area contributed by atoms with Gasteiger partial charge in [-0.2, -0.15) is 0 Å². The van der Waals surface area contributed by atoms with Gasteiger partial charge in [0.25, 0.3) is 11.5 Å². The standard InChI is InChI=1S/C27H28ClN3O7/c1-5-34-22-11-17(12-23(35-6-2)26(22)36-7-3)27(33)30-20-9-8-18(28)13-21(20)37-15-19-14-25(32)31-24(29-19)10-16(4)38-31/h8-14H,5-7,15H2,1-4H3,(H,30,33). The number of carbonyl (C=O) groups excluding carboxylic acids is 1.